The highest BCUT2D eigenvalue weighted by Crippen LogP contribution is 2.31. The van der Waals surface area contributed by atoms with Gasteiger partial charge in [0.1, 0.15) is 0 Å². The molecule has 2 rings (SSSR count). The molecule has 0 fully saturated rings. The fourth-order valence-electron chi connectivity index (χ4n) is 2.02. The van der Waals surface area contributed by atoms with Gasteiger partial charge in [0.25, 0.3) is 5.91 Å². The van der Waals surface area contributed by atoms with Crippen LogP contribution in [0.1, 0.15) is 37.6 Å². The average Bonchev–Trinajstić information content (AvgIpc) is 2.72. The zero-order valence-electron chi connectivity index (χ0n) is 14.0. The molecule has 1 atom stereocenters. The van der Waals surface area contributed by atoms with E-state index in [-0.39, 0.29) is 24.5 Å². The monoisotopic (exact) mass is 350 g/mol. The summed E-state index contributed by atoms with van der Waals surface area (Å²) in [5, 5.41) is 5.55. The Bertz CT molecular complexity index is 645. The SMILES string of the molecule is CC(C)[C@H](C)NC(=O)COC(=O)c1ccc2c(c1)NC(=O)CCS2. The smallest absolute Gasteiger partial charge is 0.338 e. The number of rotatable bonds is 5. The number of carbonyl (C=O) groups excluding carboxylic acids is 3. The molecule has 2 N–H and O–H groups in total. The number of fused-ring (bicyclic) bond motifs is 1. The van der Waals surface area contributed by atoms with Crippen molar-refractivity contribution in [2.45, 2.75) is 38.1 Å². The summed E-state index contributed by atoms with van der Waals surface area (Å²) in [4.78, 5) is 36.4. The van der Waals surface area contributed by atoms with Crippen molar-refractivity contribution >= 4 is 35.2 Å². The van der Waals surface area contributed by atoms with Gasteiger partial charge in [0.2, 0.25) is 5.91 Å². The number of anilines is 1. The lowest BCUT2D eigenvalue weighted by atomic mass is 10.1. The molecule has 0 saturated carbocycles. The number of hydrogen-bond donors (Lipinski definition) is 2. The highest BCUT2D eigenvalue weighted by molar-refractivity contribution is 7.99. The second kappa shape index (κ2) is 8.19. The largest absolute Gasteiger partial charge is 0.452 e. The topological polar surface area (TPSA) is 84.5 Å². The molecule has 0 radical (unpaired) electrons. The van der Waals surface area contributed by atoms with Crippen molar-refractivity contribution in [3.8, 4) is 0 Å². The zero-order chi connectivity index (χ0) is 17.7. The zero-order valence-corrected chi connectivity index (χ0v) is 14.9. The highest BCUT2D eigenvalue weighted by atomic mass is 32.2. The third-order valence-electron chi connectivity index (χ3n) is 3.80. The molecule has 1 heterocycles. The van der Waals surface area contributed by atoms with Gasteiger partial charge in [0, 0.05) is 23.1 Å². The average molecular weight is 350 g/mol. The molecule has 1 aliphatic heterocycles. The van der Waals surface area contributed by atoms with E-state index in [1.807, 2.05) is 20.8 Å². The minimum Gasteiger partial charge on any atom is -0.452 e. The van der Waals surface area contributed by atoms with Crippen molar-refractivity contribution in [1.82, 2.24) is 5.32 Å². The first-order valence-electron chi connectivity index (χ1n) is 7.90. The van der Waals surface area contributed by atoms with Gasteiger partial charge in [-0.05, 0) is 31.0 Å². The third kappa shape index (κ3) is 4.99. The number of carbonyl (C=O) groups is 3. The molecular weight excluding hydrogens is 328 g/mol. The Kier molecular flexibility index (Phi) is 6.25. The van der Waals surface area contributed by atoms with E-state index in [0.29, 0.717) is 29.3 Å². The number of benzene rings is 1. The van der Waals surface area contributed by atoms with E-state index in [4.69, 9.17) is 4.74 Å². The molecule has 0 spiro atoms. The van der Waals surface area contributed by atoms with Gasteiger partial charge in [0.05, 0.1) is 11.3 Å². The van der Waals surface area contributed by atoms with Crippen molar-refractivity contribution in [2.75, 3.05) is 17.7 Å². The Balaban J connectivity index is 1.95. The summed E-state index contributed by atoms with van der Waals surface area (Å²) in [7, 11) is 0. The highest BCUT2D eigenvalue weighted by Gasteiger charge is 2.18. The number of esters is 1. The van der Waals surface area contributed by atoms with E-state index in [2.05, 4.69) is 10.6 Å². The van der Waals surface area contributed by atoms with Gasteiger partial charge in [-0.3, -0.25) is 9.59 Å². The summed E-state index contributed by atoms with van der Waals surface area (Å²) in [6.45, 7) is 5.57. The molecule has 2 amide bonds. The van der Waals surface area contributed by atoms with Crippen molar-refractivity contribution < 1.29 is 19.1 Å². The predicted octanol–water partition coefficient (Wildman–Crippen LogP) is 2.44. The summed E-state index contributed by atoms with van der Waals surface area (Å²) in [6.07, 6.45) is 0.438. The van der Waals surface area contributed by atoms with Gasteiger partial charge >= 0.3 is 5.97 Å². The normalized spacial score (nSPS) is 15.1. The summed E-state index contributed by atoms with van der Waals surface area (Å²) in [5.74, 6) is 0.0117. The molecule has 0 unspecified atom stereocenters. The van der Waals surface area contributed by atoms with Crippen LogP contribution in [0.4, 0.5) is 5.69 Å². The van der Waals surface area contributed by atoms with Gasteiger partial charge < -0.3 is 15.4 Å². The molecule has 1 aromatic rings. The Hall–Kier alpha value is -2.02. The number of thioether (sulfide) groups is 1. The summed E-state index contributed by atoms with van der Waals surface area (Å²) in [6, 6.07) is 5.02. The Labute approximate surface area is 145 Å². The van der Waals surface area contributed by atoms with Crippen molar-refractivity contribution in [2.24, 2.45) is 5.92 Å². The van der Waals surface area contributed by atoms with E-state index < -0.39 is 5.97 Å². The molecule has 24 heavy (non-hydrogen) atoms. The Morgan fingerprint density at radius 2 is 2.08 bits per heavy atom. The van der Waals surface area contributed by atoms with E-state index in [0.717, 1.165) is 4.90 Å². The standard InChI is InChI=1S/C17H22N2O4S/c1-10(2)11(3)18-16(21)9-23-17(22)12-4-5-14-13(8-12)19-15(20)6-7-24-14/h4-5,8,10-11H,6-7,9H2,1-3H3,(H,18,21)(H,19,20)/t11-/m0/s1. The van der Waals surface area contributed by atoms with Crippen LogP contribution in [0.25, 0.3) is 0 Å². The van der Waals surface area contributed by atoms with Crippen molar-refractivity contribution in [3.05, 3.63) is 23.8 Å². The molecule has 6 nitrogen and oxygen atoms in total. The van der Waals surface area contributed by atoms with Crippen LogP contribution in [0, 0.1) is 5.92 Å². The summed E-state index contributed by atoms with van der Waals surface area (Å²) >= 11 is 1.56. The molecule has 130 valence electrons. The van der Waals surface area contributed by atoms with E-state index >= 15 is 0 Å². The molecule has 0 aromatic heterocycles. The fourth-order valence-corrected chi connectivity index (χ4v) is 2.96. The summed E-state index contributed by atoms with van der Waals surface area (Å²) < 4.78 is 5.05. The number of ether oxygens (including phenoxy) is 1. The van der Waals surface area contributed by atoms with Crippen LogP contribution in [0.15, 0.2) is 23.1 Å². The molecule has 7 heteroatoms. The maximum Gasteiger partial charge on any atom is 0.338 e. The van der Waals surface area contributed by atoms with E-state index in [1.54, 1.807) is 30.0 Å². The van der Waals surface area contributed by atoms with Crippen LogP contribution in [0.5, 0.6) is 0 Å². The van der Waals surface area contributed by atoms with Crippen molar-refractivity contribution in [3.63, 3.8) is 0 Å². The molecular formula is C17H22N2O4S. The van der Waals surface area contributed by atoms with Crippen LogP contribution >= 0.6 is 11.8 Å². The lowest BCUT2D eigenvalue weighted by molar-refractivity contribution is -0.125. The first-order valence-corrected chi connectivity index (χ1v) is 8.88. The molecule has 0 bridgehead atoms. The van der Waals surface area contributed by atoms with E-state index in [9.17, 15) is 14.4 Å². The predicted molar refractivity (Wildman–Crippen MR) is 93.1 cm³/mol. The molecule has 0 saturated heterocycles. The van der Waals surface area contributed by atoms with Gasteiger partial charge in [-0.1, -0.05) is 13.8 Å². The number of nitrogens with one attached hydrogen (secondary N) is 2. The van der Waals surface area contributed by atoms with Crippen LogP contribution in [-0.4, -0.2) is 36.2 Å². The Morgan fingerprint density at radius 3 is 2.79 bits per heavy atom. The van der Waals surface area contributed by atoms with Crippen LogP contribution in [-0.2, 0) is 14.3 Å². The van der Waals surface area contributed by atoms with Crippen molar-refractivity contribution in [1.29, 1.82) is 0 Å². The molecule has 1 aromatic carbocycles. The van der Waals surface area contributed by atoms with Crippen LogP contribution in [0.3, 0.4) is 0 Å². The van der Waals surface area contributed by atoms with Gasteiger partial charge in [-0.15, -0.1) is 11.8 Å². The molecule has 0 aliphatic carbocycles. The number of amides is 2. The number of hydrogen-bond acceptors (Lipinski definition) is 5. The Morgan fingerprint density at radius 1 is 1.33 bits per heavy atom. The summed E-state index contributed by atoms with van der Waals surface area (Å²) in [5.41, 5.74) is 0.913. The van der Waals surface area contributed by atoms with E-state index in [1.165, 1.54) is 0 Å². The first kappa shape index (κ1) is 18.3. The van der Waals surface area contributed by atoms with Gasteiger partial charge in [-0.25, -0.2) is 4.79 Å². The maximum absolute atomic E-state index is 12.1. The lowest BCUT2D eigenvalue weighted by Gasteiger charge is -2.17. The first-order chi connectivity index (χ1) is 11.4. The second-order valence-electron chi connectivity index (χ2n) is 6.03. The van der Waals surface area contributed by atoms with Crippen LogP contribution in [0.2, 0.25) is 0 Å². The maximum atomic E-state index is 12.1. The van der Waals surface area contributed by atoms with Gasteiger partial charge in [0.15, 0.2) is 6.61 Å². The second-order valence-corrected chi connectivity index (χ2v) is 7.17. The minimum atomic E-state index is -0.589. The third-order valence-corrected chi connectivity index (χ3v) is 4.87. The molecule has 1 aliphatic rings. The van der Waals surface area contributed by atoms with Gasteiger partial charge in [-0.2, -0.15) is 0 Å². The fraction of sp³-hybridized carbons (Fsp3) is 0.471. The lowest BCUT2D eigenvalue weighted by Crippen LogP contribution is -2.38. The minimum absolute atomic E-state index is 0.0101. The van der Waals surface area contributed by atoms with Crippen LogP contribution < -0.4 is 10.6 Å². The quantitative estimate of drug-likeness (QED) is 0.797.